The van der Waals surface area contributed by atoms with E-state index >= 15 is 0 Å². The summed E-state index contributed by atoms with van der Waals surface area (Å²) < 4.78 is 0. The molecule has 0 aliphatic rings. The van der Waals surface area contributed by atoms with Gasteiger partial charge in [-0.15, -0.1) is 0 Å². The van der Waals surface area contributed by atoms with Gasteiger partial charge in [0.1, 0.15) is 5.82 Å². The number of anilines is 3. The van der Waals surface area contributed by atoms with Crippen molar-refractivity contribution in [1.29, 1.82) is 0 Å². The Labute approximate surface area is 147 Å². The zero-order chi connectivity index (χ0) is 17.6. The van der Waals surface area contributed by atoms with Crippen LogP contribution < -0.4 is 10.6 Å². The summed E-state index contributed by atoms with van der Waals surface area (Å²) in [5, 5.41) is 6.53. The number of likely N-dealkylation sites (N-methyl/N-ethyl adjacent to an activating group) is 1. The Morgan fingerprint density at radius 1 is 1.08 bits per heavy atom. The zero-order valence-electron chi connectivity index (χ0n) is 15.0. The van der Waals surface area contributed by atoms with Gasteiger partial charge >= 0.3 is 0 Å². The average Bonchev–Trinajstić information content (AvgIpc) is 3.00. The number of aromatic amines is 1. The first-order valence-electron chi connectivity index (χ1n) is 8.71. The maximum Gasteiger partial charge on any atom is 0.231 e. The monoisotopic (exact) mass is 339 g/mol. The molecule has 0 bridgehead atoms. The molecule has 1 aromatic carbocycles. The van der Waals surface area contributed by atoms with Crippen molar-refractivity contribution in [3.8, 4) is 0 Å². The highest BCUT2D eigenvalue weighted by molar-refractivity contribution is 5.77. The lowest BCUT2D eigenvalue weighted by atomic mass is 10.3. The summed E-state index contributed by atoms with van der Waals surface area (Å²) in [5.41, 5.74) is 2.80. The minimum absolute atomic E-state index is 0.532. The Morgan fingerprint density at radius 2 is 1.88 bits per heavy atom. The minimum atomic E-state index is 0.532. The van der Waals surface area contributed by atoms with Crippen LogP contribution in [0.2, 0.25) is 0 Å². The van der Waals surface area contributed by atoms with E-state index in [1.807, 2.05) is 37.3 Å². The van der Waals surface area contributed by atoms with Gasteiger partial charge < -0.3 is 15.2 Å². The number of hydrogen-bond acceptors (Lipinski definition) is 6. The molecule has 0 saturated carbocycles. The number of para-hydroxylation sites is 2. The molecule has 0 amide bonds. The second-order valence-corrected chi connectivity index (χ2v) is 5.90. The Bertz CT molecular complexity index is 790. The van der Waals surface area contributed by atoms with Crippen molar-refractivity contribution >= 4 is 28.7 Å². The van der Waals surface area contributed by atoms with E-state index in [1.54, 1.807) is 0 Å². The lowest BCUT2D eigenvalue weighted by Crippen LogP contribution is -2.28. The smallest absolute Gasteiger partial charge is 0.231 e. The first kappa shape index (κ1) is 17.2. The van der Waals surface area contributed by atoms with Crippen LogP contribution >= 0.6 is 0 Å². The molecule has 25 heavy (non-hydrogen) atoms. The first-order chi connectivity index (χ1) is 12.2. The summed E-state index contributed by atoms with van der Waals surface area (Å²) in [4.78, 5) is 19.1. The van der Waals surface area contributed by atoms with E-state index in [-0.39, 0.29) is 0 Å². The van der Waals surface area contributed by atoms with Gasteiger partial charge in [-0.1, -0.05) is 26.0 Å². The number of fused-ring (bicyclic) bond motifs is 1. The van der Waals surface area contributed by atoms with Crippen molar-refractivity contribution in [3.05, 3.63) is 36.0 Å². The Kier molecular flexibility index (Phi) is 5.45. The molecular formula is C18H25N7. The number of H-pyrrole nitrogens is 1. The van der Waals surface area contributed by atoms with Crippen LogP contribution in [0.1, 0.15) is 19.5 Å². The van der Waals surface area contributed by atoms with Crippen molar-refractivity contribution in [2.75, 3.05) is 36.8 Å². The molecular weight excluding hydrogens is 314 g/mol. The second kappa shape index (κ2) is 7.94. The summed E-state index contributed by atoms with van der Waals surface area (Å²) in [6.45, 7) is 10.3. The van der Waals surface area contributed by atoms with E-state index in [1.165, 1.54) is 0 Å². The Balaban J connectivity index is 1.68. The number of hydrogen-bond donors (Lipinski definition) is 3. The van der Waals surface area contributed by atoms with Crippen LogP contribution in [-0.2, 0) is 0 Å². The largest absolute Gasteiger partial charge is 0.369 e. The van der Waals surface area contributed by atoms with Crippen LogP contribution in [0.25, 0.3) is 11.0 Å². The molecule has 0 aliphatic carbocycles. The zero-order valence-corrected chi connectivity index (χ0v) is 15.0. The topological polar surface area (TPSA) is 81.8 Å². The maximum atomic E-state index is 4.54. The molecule has 2 heterocycles. The fourth-order valence-corrected chi connectivity index (χ4v) is 2.71. The molecule has 0 saturated heterocycles. The third-order valence-corrected chi connectivity index (χ3v) is 4.10. The highest BCUT2D eigenvalue weighted by Crippen LogP contribution is 2.17. The summed E-state index contributed by atoms with van der Waals surface area (Å²) in [5.74, 6) is 1.99. The third-order valence-electron chi connectivity index (χ3n) is 4.10. The predicted molar refractivity (Wildman–Crippen MR) is 102 cm³/mol. The molecule has 0 atom stereocenters. The van der Waals surface area contributed by atoms with Crippen LogP contribution in [-0.4, -0.2) is 51.0 Å². The first-order valence-corrected chi connectivity index (χ1v) is 8.71. The van der Waals surface area contributed by atoms with Gasteiger partial charge in [0.2, 0.25) is 11.9 Å². The van der Waals surface area contributed by atoms with E-state index in [9.17, 15) is 0 Å². The fraction of sp³-hybridized carbons (Fsp3) is 0.389. The Hall–Kier alpha value is -2.67. The van der Waals surface area contributed by atoms with Gasteiger partial charge in [0, 0.05) is 24.8 Å². The molecule has 3 aromatic rings. The van der Waals surface area contributed by atoms with Crippen molar-refractivity contribution in [2.24, 2.45) is 0 Å². The van der Waals surface area contributed by atoms with Gasteiger partial charge in [-0.3, -0.25) is 5.32 Å². The number of aromatic nitrogens is 4. The van der Waals surface area contributed by atoms with E-state index in [0.717, 1.165) is 48.7 Å². The number of nitrogens with zero attached hydrogens (tertiary/aromatic N) is 4. The van der Waals surface area contributed by atoms with E-state index < -0.39 is 0 Å². The van der Waals surface area contributed by atoms with Crippen LogP contribution in [0.4, 0.5) is 17.7 Å². The van der Waals surface area contributed by atoms with Crippen molar-refractivity contribution in [2.45, 2.75) is 20.8 Å². The van der Waals surface area contributed by atoms with Crippen LogP contribution in [0.5, 0.6) is 0 Å². The third kappa shape index (κ3) is 4.45. The van der Waals surface area contributed by atoms with Crippen molar-refractivity contribution in [1.82, 2.24) is 24.8 Å². The molecule has 3 N–H and O–H groups in total. The van der Waals surface area contributed by atoms with E-state index in [2.05, 4.69) is 49.3 Å². The number of nitrogens with one attached hydrogen (secondary N) is 3. The van der Waals surface area contributed by atoms with Gasteiger partial charge in [0.05, 0.1) is 11.0 Å². The molecule has 3 rings (SSSR count). The van der Waals surface area contributed by atoms with Gasteiger partial charge in [-0.2, -0.15) is 4.98 Å². The molecule has 132 valence electrons. The predicted octanol–water partition coefficient (Wildman–Crippen LogP) is 3.16. The number of benzene rings is 1. The second-order valence-electron chi connectivity index (χ2n) is 5.90. The molecule has 0 aliphatic heterocycles. The van der Waals surface area contributed by atoms with Crippen LogP contribution in [0.15, 0.2) is 30.3 Å². The number of rotatable bonds is 8. The number of aryl methyl sites for hydroxylation is 1. The van der Waals surface area contributed by atoms with Gasteiger partial charge in [0.15, 0.2) is 0 Å². The van der Waals surface area contributed by atoms with E-state index in [0.29, 0.717) is 11.9 Å². The minimum Gasteiger partial charge on any atom is -0.369 e. The summed E-state index contributed by atoms with van der Waals surface area (Å²) in [7, 11) is 0. The Morgan fingerprint density at radius 3 is 2.64 bits per heavy atom. The average molecular weight is 339 g/mol. The summed E-state index contributed by atoms with van der Waals surface area (Å²) in [6.07, 6.45) is 0. The summed E-state index contributed by atoms with van der Waals surface area (Å²) >= 11 is 0. The normalized spacial score (nSPS) is 11.2. The summed E-state index contributed by atoms with van der Waals surface area (Å²) in [6, 6.07) is 9.85. The SMILES string of the molecule is CCN(CC)CCNc1cc(C)nc(Nc2nc3ccccc3[nH]2)n1. The van der Waals surface area contributed by atoms with Crippen LogP contribution in [0, 0.1) is 6.92 Å². The van der Waals surface area contributed by atoms with Crippen molar-refractivity contribution < 1.29 is 0 Å². The van der Waals surface area contributed by atoms with Gasteiger partial charge in [-0.05, 0) is 32.1 Å². The molecule has 7 heteroatoms. The van der Waals surface area contributed by atoms with Gasteiger partial charge in [0.25, 0.3) is 0 Å². The van der Waals surface area contributed by atoms with Crippen LogP contribution in [0.3, 0.4) is 0 Å². The molecule has 7 nitrogen and oxygen atoms in total. The lowest BCUT2D eigenvalue weighted by molar-refractivity contribution is 0.316. The standard InChI is InChI=1S/C18H25N7/c1-4-25(5-2)11-10-19-16-12-13(3)20-17(23-16)24-18-21-14-8-6-7-9-15(14)22-18/h6-9,12H,4-5,10-11H2,1-3H3,(H3,19,20,21,22,23,24). The molecule has 0 radical (unpaired) electrons. The highest BCUT2D eigenvalue weighted by atomic mass is 15.2. The quantitative estimate of drug-likeness (QED) is 0.585. The lowest BCUT2D eigenvalue weighted by Gasteiger charge is -2.18. The molecule has 2 aromatic heterocycles. The molecule has 0 unspecified atom stereocenters. The highest BCUT2D eigenvalue weighted by Gasteiger charge is 2.07. The van der Waals surface area contributed by atoms with Gasteiger partial charge in [-0.25, -0.2) is 9.97 Å². The molecule has 0 fully saturated rings. The maximum absolute atomic E-state index is 4.54. The molecule has 0 spiro atoms. The number of imidazole rings is 1. The van der Waals surface area contributed by atoms with E-state index in [4.69, 9.17) is 0 Å². The fourth-order valence-electron chi connectivity index (χ4n) is 2.71. The van der Waals surface area contributed by atoms with Crippen molar-refractivity contribution in [3.63, 3.8) is 0 Å².